The van der Waals surface area contributed by atoms with Gasteiger partial charge < -0.3 is 5.11 Å². The van der Waals surface area contributed by atoms with E-state index in [2.05, 4.69) is 0 Å². The van der Waals surface area contributed by atoms with Gasteiger partial charge in [0, 0.05) is 12.1 Å². The van der Waals surface area contributed by atoms with Crippen LogP contribution in [0.3, 0.4) is 0 Å². The van der Waals surface area contributed by atoms with Gasteiger partial charge in [-0.1, -0.05) is 12.8 Å². The molecule has 3 aliphatic rings. The van der Waals surface area contributed by atoms with E-state index < -0.39 is 27.1 Å². The first kappa shape index (κ1) is 11.5. The van der Waals surface area contributed by atoms with Crippen molar-refractivity contribution in [2.24, 2.45) is 0 Å². The van der Waals surface area contributed by atoms with Crippen LogP contribution in [0.15, 0.2) is 0 Å². The van der Waals surface area contributed by atoms with Crippen LogP contribution in [-0.2, 0) is 14.6 Å². The molecule has 17 heavy (non-hydrogen) atoms. The normalized spacial score (nSPS) is 41.1. The predicted octanol–water partition coefficient (Wildman–Crippen LogP) is 0.253. The summed E-state index contributed by atoms with van der Waals surface area (Å²) in [6.07, 6.45) is 4.84. The lowest BCUT2D eigenvalue weighted by molar-refractivity contribution is -0.143. The molecule has 2 bridgehead atoms. The van der Waals surface area contributed by atoms with Crippen molar-refractivity contribution >= 4 is 15.8 Å². The Labute approximate surface area is 101 Å². The van der Waals surface area contributed by atoms with Crippen LogP contribution in [0.5, 0.6) is 0 Å². The third-order valence-corrected chi connectivity index (χ3v) is 6.71. The number of fused-ring (bicyclic) bond motifs is 2. The van der Waals surface area contributed by atoms with Crippen molar-refractivity contribution in [1.29, 1.82) is 0 Å². The predicted molar refractivity (Wildman–Crippen MR) is 61.5 cm³/mol. The number of sulfone groups is 1. The summed E-state index contributed by atoms with van der Waals surface area (Å²) in [7, 11) is -3.17. The molecule has 3 rings (SSSR count). The molecule has 96 valence electrons. The summed E-state index contributed by atoms with van der Waals surface area (Å²) in [5.74, 6) is -0.800. The third kappa shape index (κ3) is 1.61. The molecule has 2 heterocycles. The number of aliphatic carboxylic acids is 1. The van der Waals surface area contributed by atoms with E-state index in [0.717, 1.165) is 25.7 Å². The first-order valence-corrected chi connectivity index (χ1v) is 7.94. The van der Waals surface area contributed by atoms with Gasteiger partial charge in [0.2, 0.25) is 0 Å². The molecule has 0 aromatic rings. The van der Waals surface area contributed by atoms with Gasteiger partial charge >= 0.3 is 5.97 Å². The topological polar surface area (TPSA) is 74.7 Å². The quantitative estimate of drug-likeness (QED) is 0.769. The van der Waals surface area contributed by atoms with Crippen LogP contribution in [0.1, 0.15) is 32.1 Å². The van der Waals surface area contributed by atoms with Crippen LogP contribution < -0.4 is 0 Å². The molecular formula is C11H17NO4S. The number of carboxylic acids is 1. The van der Waals surface area contributed by atoms with E-state index in [1.807, 2.05) is 4.90 Å². The van der Waals surface area contributed by atoms with Crippen LogP contribution in [0, 0.1) is 0 Å². The molecule has 3 fully saturated rings. The molecule has 1 aliphatic carbocycles. The van der Waals surface area contributed by atoms with Crippen molar-refractivity contribution in [3.05, 3.63) is 0 Å². The van der Waals surface area contributed by atoms with Crippen LogP contribution in [0.4, 0.5) is 0 Å². The number of rotatable bonds is 2. The minimum atomic E-state index is -3.17. The summed E-state index contributed by atoms with van der Waals surface area (Å²) in [4.78, 5) is 13.3. The van der Waals surface area contributed by atoms with Gasteiger partial charge in [-0.3, -0.25) is 9.69 Å². The highest BCUT2D eigenvalue weighted by Crippen LogP contribution is 2.42. The maximum absolute atomic E-state index is 11.8. The first-order chi connectivity index (χ1) is 8.00. The highest BCUT2D eigenvalue weighted by molar-refractivity contribution is 7.92. The zero-order valence-corrected chi connectivity index (χ0v) is 10.4. The third-order valence-electron chi connectivity index (χ3n) is 4.48. The van der Waals surface area contributed by atoms with E-state index in [-0.39, 0.29) is 11.8 Å². The van der Waals surface area contributed by atoms with Gasteiger partial charge in [0.25, 0.3) is 0 Å². The summed E-state index contributed by atoms with van der Waals surface area (Å²) in [6.45, 7) is 0. The van der Waals surface area contributed by atoms with Crippen LogP contribution in [0.2, 0.25) is 0 Å². The molecule has 6 heteroatoms. The van der Waals surface area contributed by atoms with E-state index in [4.69, 9.17) is 0 Å². The summed E-state index contributed by atoms with van der Waals surface area (Å²) in [5.41, 5.74) is 0. The lowest BCUT2D eigenvalue weighted by atomic mass is 10.1. The second kappa shape index (κ2) is 3.68. The van der Waals surface area contributed by atoms with Crippen molar-refractivity contribution < 1.29 is 18.3 Å². The first-order valence-electron chi connectivity index (χ1n) is 6.22. The van der Waals surface area contributed by atoms with E-state index in [0.29, 0.717) is 12.5 Å². The zero-order valence-electron chi connectivity index (χ0n) is 9.58. The van der Waals surface area contributed by atoms with Gasteiger partial charge in [-0.2, -0.15) is 0 Å². The molecule has 1 saturated carbocycles. The monoisotopic (exact) mass is 259 g/mol. The Kier molecular flexibility index (Phi) is 2.49. The highest BCUT2D eigenvalue weighted by atomic mass is 32.2. The van der Waals surface area contributed by atoms with E-state index in [1.54, 1.807) is 0 Å². The van der Waals surface area contributed by atoms with E-state index in [9.17, 15) is 18.3 Å². The van der Waals surface area contributed by atoms with Gasteiger partial charge in [-0.15, -0.1) is 0 Å². The Balaban J connectivity index is 1.92. The smallest absolute Gasteiger partial charge is 0.322 e. The summed E-state index contributed by atoms with van der Waals surface area (Å²) >= 11 is 0. The SMILES string of the molecule is O=C(O)C1C2CC(CS2(=O)=O)N1C1CCCC1. The molecule has 1 N–H and O–H groups in total. The number of nitrogens with zero attached hydrogens (tertiary/aromatic N) is 1. The summed E-state index contributed by atoms with van der Waals surface area (Å²) in [6, 6.07) is -0.544. The Hall–Kier alpha value is -0.620. The largest absolute Gasteiger partial charge is 0.480 e. The average molecular weight is 259 g/mol. The fraction of sp³-hybridized carbons (Fsp3) is 0.909. The zero-order chi connectivity index (χ0) is 12.2. The number of likely N-dealkylation sites (tertiary alicyclic amines) is 1. The molecule has 0 aromatic heterocycles. The maximum atomic E-state index is 11.8. The fourth-order valence-corrected chi connectivity index (χ4v) is 6.10. The maximum Gasteiger partial charge on any atom is 0.322 e. The summed E-state index contributed by atoms with van der Waals surface area (Å²) < 4.78 is 23.6. The summed E-state index contributed by atoms with van der Waals surface area (Å²) in [5, 5.41) is 8.63. The molecule has 2 saturated heterocycles. The molecule has 0 aromatic carbocycles. The Morgan fingerprint density at radius 2 is 1.82 bits per heavy atom. The van der Waals surface area contributed by atoms with Crippen LogP contribution in [0.25, 0.3) is 0 Å². The van der Waals surface area contributed by atoms with E-state index >= 15 is 0 Å². The standard InChI is InChI=1S/C11H17NO4S/c13-11(14)10-9-5-8(6-17(9,15)16)12(10)7-3-1-2-4-7/h7-10H,1-6H2,(H,13,14). The van der Waals surface area contributed by atoms with Gasteiger partial charge in [0.1, 0.15) is 6.04 Å². The Morgan fingerprint density at radius 1 is 1.18 bits per heavy atom. The van der Waals surface area contributed by atoms with E-state index in [1.165, 1.54) is 0 Å². The second-order valence-corrected chi connectivity index (χ2v) is 7.69. The molecule has 0 spiro atoms. The Bertz CT molecular complexity index is 440. The molecule has 3 atom stereocenters. The lowest BCUT2D eigenvalue weighted by Crippen LogP contribution is -2.55. The molecule has 2 aliphatic heterocycles. The van der Waals surface area contributed by atoms with Gasteiger partial charge in [-0.05, 0) is 19.3 Å². The van der Waals surface area contributed by atoms with Gasteiger partial charge in [-0.25, -0.2) is 8.42 Å². The van der Waals surface area contributed by atoms with Crippen molar-refractivity contribution in [3.63, 3.8) is 0 Å². The number of hydrogen-bond donors (Lipinski definition) is 1. The van der Waals surface area contributed by atoms with Crippen LogP contribution >= 0.6 is 0 Å². The minimum Gasteiger partial charge on any atom is -0.480 e. The molecular weight excluding hydrogens is 242 g/mol. The van der Waals surface area contributed by atoms with Crippen molar-refractivity contribution in [1.82, 2.24) is 4.90 Å². The minimum absolute atomic E-state index is 0.0470. The number of carboxylic acid groups (broad SMARTS) is 1. The number of carbonyl (C=O) groups is 1. The molecule has 3 unspecified atom stereocenters. The lowest BCUT2D eigenvalue weighted by Gasteiger charge is -2.36. The molecule has 0 amide bonds. The fourth-order valence-electron chi connectivity index (χ4n) is 3.84. The van der Waals surface area contributed by atoms with Crippen molar-refractivity contribution in [2.75, 3.05) is 5.75 Å². The highest BCUT2D eigenvalue weighted by Gasteiger charge is 2.59. The van der Waals surface area contributed by atoms with Gasteiger partial charge in [0.05, 0.1) is 11.0 Å². The average Bonchev–Trinajstić information content (AvgIpc) is 2.85. The van der Waals surface area contributed by atoms with Crippen molar-refractivity contribution in [3.8, 4) is 0 Å². The Morgan fingerprint density at radius 3 is 2.41 bits per heavy atom. The second-order valence-electron chi connectivity index (χ2n) is 5.43. The van der Waals surface area contributed by atoms with Crippen LogP contribution in [-0.4, -0.2) is 53.5 Å². The van der Waals surface area contributed by atoms with Gasteiger partial charge in [0.15, 0.2) is 9.84 Å². The van der Waals surface area contributed by atoms with Crippen molar-refractivity contribution in [2.45, 2.75) is 55.5 Å². The molecule has 5 nitrogen and oxygen atoms in total. The number of hydrogen-bond acceptors (Lipinski definition) is 4. The molecule has 0 radical (unpaired) electrons.